The van der Waals surface area contributed by atoms with Crippen LogP contribution in [0.25, 0.3) is 0 Å². The van der Waals surface area contributed by atoms with Gasteiger partial charge >= 0.3 is 0 Å². The zero-order valence-corrected chi connectivity index (χ0v) is 17.0. The first-order valence-electron chi connectivity index (χ1n) is 10.1. The number of fused-ring (bicyclic) bond motifs is 2. The van der Waals surface area contributed by atoms with Crippen LogP contribution in [0, 0.1) is 5.92 Å². The molecule has 1 amide bonds. The molecule has 6 heteroatoms. The van der Waals surface area contributed by atoms with Gasteiger partial charge in [0.05, 0.1) is 7.11 Å². The van der Waals surface area contributed by atoms with E-state index in [2.05, 4.69) is 27.7 Å². The Bertz CT molecular complexity index is 616. The van der Waals surface area contributed by atoms with Gasteiger partial charge < -0.3 is 15.4 Å². The molecule has 27 heavy (non-hydrogen) atoms. The van der Waals surface area contributed by atoms with Gasteiger partial charge in [0.25, 0.3) is 0 Å². The number of nitrogens with zero attached hydrogens (tertiary/aromatic N) is 1. The number of benzene rings is 1. The number of ether oxygens (including phenoxy) is 1. The van der Waals surface area contributed by atoms with Crippen LogP contribution >= 0.6 is 12.4 Å². The van der Waals surface area contributed by atoms with Crippen molar-refractivity contribution in [2.45, 2.75) is 63.2 Å². The molecule has 1 unspecified atom stereocenters. The van der Waals surface area contributed by atoms with Crippen LogP contribution in [0.2, 0.25) is 0 Å². The van der Waals surface area contributed by atoms with Crippen LogP contribution in [-0.4, -0.2) is 49.1 Å². The van der Waals surface area contributed by atoms with Crippen molar-refractivity contribution in [2.75, 3.05) is 20.2 Å². The normalized spacial score (nSPS) is 30.4. The molecule has 1 aromatic carbocycles. The van der Waals surface area contributed by atoms with Crippen LogP contribution in [0.1, 0.15) is 44.1 Å². The molecule has 0 aromatic heterocycles. The number of rotatable bonds is 5. The Hall–Kier alpha value is -1.30. The second-order valence-corrected chi connectivity index (χ2v) is 8.05. The van der Waals surface area contributed by atoms with Crippen molar-refractivity contribution >= 4 is 18.3 Å². The molecule has 0 saturated carbocycles. The van der Waals surface area contributed by atoms with E-state index >= 15 is 0 Å². The topological polar surface area (TPSA) is 53.6 Å². The molecule has 0 aliphatic carbocycles. The highest BCUT2D eigenvalue weighted by atomic mass is 35.5. The average Bonchev–Trinajstić information content (AvgIpc) is 3.05. The Labute approximate surface area is 168 Å². The molecule has 3 heterocycles. The molecular weight excluding hydrogens is 362 g/mol. The van der Waals surface area contributed by atoms with Crippen LogP contribution in [0.3, 0.4) is 0 Å². The first-order valence-corrected chi connectivity index (χ1v) is 10.1. The molecule has 2 N–H and O–H groups in total. The van der Waals surface area contributed by atoms with E-state index < -0.39 is 0 Å². The summed E-state index contributed by atoms with van der Waals surface area (Å²) in [7, 11) is 1.70. The molecule has 3 fully saturated rings. The van der Waals surface area contributed by atoms with Gasteiger partial charge in [-0.05, 0) is 69.3 Å². The van der Waals surface area contributed by atoms with E-state index in [4.69, 9.17) is 4.74 Å². The van der Waals surface area contributed by atoms with Gasteiger partial charge in [-0.25, -0.2) is 0 Å². The lowest BCUT2D eigenvalue weighted by Gasteiger charge is -2.26. The third-order valence-corrected chi connectivity index (χ3v) is 6.48. The standard InChI is InChI=1S/C21H31N3O2.ClH/c1-26-18-7-4-15(5-8-18)14-24-17-6-9-20(24)19(13-17)23-21(25)16-3-2-11-22-12-10-16;/h4-5,7-8,16-17,19-20,22H,2-3,6,9-14H2,1H3,(H,23,25);1H/t16?,17-,19+,20+;/m0./s1. The Balaban J connectivity index is 0.00000210. The minimum Gasteiger partial charge on any atom is -0.497 e. The van der Waals surface area contributed by atoms with E-state index in [1.54, 1.807) is 7.11 Å². The molecule has 3 saturated heterocycles. The van der Waals surface area contributed by atoms with Crippen molar-refractivity contribution in [3.05, 3.63) is 29.8 Å². The number of carbonyl (C=O) groups excluding carboxylic acids is 1. The minimum absolute atomic E-state index is 0. The van der Waals surface area contributed by atoms with Crippen molar-refractivity contribution in [1.82, 2.24) is 15.5 Å². The summed E-state index contributed by atoms with van der Waals surface area (Å²) in [4.78, 5) is 15.4. The van der Waals surface area contributed by atoms with Crippen molar-refractivity contribution in [2.24, 2.45) is 5.92 Å². The molecule has 4 rings (SSSR count). The highest BCUT2D eigenvalue weighted by Gasteiger charge is 2.46. The Morgan fingerprint density at radius 1 is 1.19 bits per heavy atom. The second-order valence-electron chi connectivity index (χ2n) is 8.05. The summed E-state index contributed by atoms with van der Waals surface area (Å²) in [5.74, 6) is 1.39. The van der Waals surface area contributed by atoms with Crippen molar-refractivity contribution in [1.29, 1.82) is 0 Å². The first kappa shape index (κ1) is 20.4. The Morgan fingerprint density at radius 2 is 2.00 bits per heavy atom. The molecule has 4 atom stereocenters. The lowest BCUT2D eigenvalue weighted by molar-refractivity contribution is -0.126. The fourth-order valence-corrected chi connectivity index (χ4v) is 5.03. The van der Waals surface area contributed by atoms with Crippen molar-refractivity contribution < 1.29 is 9.53 Å². The maximum atomic E-state index is 12.7. The van der Waals surface area contributed by atoms with E-state index in [9.17, 15) is 4.79 Å². The van der Waals surface area contributed by atoms with E-state index in [0.717, 1.165) is 51.1 Å². The average molecular weight is 394 g/mol. The molecule has 3 aliphatic heterocycles. The molecule has 0 radical (unpaired) electrons. The largest absolute Gasteiger partial charge is 0.497 e. The monoisotopic (exact) mass is 393 g/mol. The third kappa shape index (κ3) is 4.58. The van der Waals surface area contributed by atoms with E-state index in [-0.39, 0.29) is 24.2 Å². The predicted octanol–water partition coefficient (Wildman–Crippen LogP) is 2.73. The summed E-state index contributed by atoms with van der Waals surface area (Å²) in [6.07, 6.45) is 6.69. The van der Waals surface area contributed by atoms with Crippen LogP contribution in [0.5, 0.6) is 5.75 Å². The van der Waals surface area contributed by atoms with Gasteiger partial charge in [-0.15, -0.1) is 12.4 Å². The van der Waals surface area contributed by atoms with Crippen LogP contribution in [-0.2, 0) is 11.3 Å². The highest BCUT2D eigenvalue weighted by molar-refractivity contribution is 5.85. The number of carbonyl (C=O) groups is 1. The van der Waals surface area contributed by atoms with Crippen molar-refractivity contribution in [3.63, 3.8) is 0 Å². The number of hydrogen-bond acceptors (Lipinski definition) is 4. The summed E-state index contributed by atoms with van der Waals surface area (Å²) in [6, 6.07) is 9.82. The van der Waals surface area contributed by atoms with Gasteiger partial charge in [-0.3, -0.25) is 9.69 Å². The highest BCUT2D eigenvalue weighted by Crippen LogP contribution is 2.39. The van der Waals surface area contributed by atoms with Crippen molar-refractivity contribution in [3.8, 4) is 5.75 Å². The number of nitrogens with one attached hydrogen (secondary N) is 2. The van der Waals surface area contributed by atoms with Gasteiger partial charge in [-0.2, -0.15) is 0 Å². The third-order valence-electron chi connectivity index (χ3n) is 6.48. The minimum atomic E-state index is 0. The number of methoxy groups -OCH3 is 1. The number of hydrogen-bond donors (Lipinski definition) is 2. The van der Waals surface area contributed by atoms with Gasteiger partial charge in [0.15, 0.2) is 0 Å². The maximum absolute atomic E-state index is 12.7. The Morgan fingerprint density at radius 3 is 2.78 bits per heavy atom. The fourth-order valence-electron chi connectivity index (χ4n) is 5.03. The molecule has 150 valence electrons. The first-order chi connectivity index (χ1) is 12.7. The quantitative estimate of drug-likeness (QED) is 0.807. The fraction of sp³-hybridized carbons (Fsp3) is 0.667. The van der Waals surface area contributed by atoms with Crippen LogP contribution in [0.4, 0.5) is 0 Å². The molecule has 0 spiro atoms. The summed E-state index contributed by atoms with van der Waals surface area (Å²) in [5.41, 5.74) is 1.32. The van der Waals surface area contributed by atoms with Crippen LogP contribution in [0.15, 0.2) is 24.3 Å². The lowest BCUT2D eigenvalue weighted by atomic mass is 9.93. The summed E-state index contributed by atoms with van der Waals surface area (Å²) in [5, 5.41) is 6.81. The maximum Gasteiger partial charge on any atom is 0.223 e. The Kier molecular flexibility index (Phi) is 7.01. The molecular formula is C21H32ClN3O2. The zero-order valence-electron chi connectivity index (χ0n) is 16.2. The zero-order chi connectivity index (χ0) is 17.9. The number of amides is 1. The van der Waals surface area contributed by atoms with Gasteiger partial charge in [0.2, 0.25) is 5.91 Å². The predicted molar refractivity (Wildman–Crippen MR) is 109 cm³/mol. The van der Waals surface area contributed by atoms with Gasteiger partial charge in [0.1, 0.15) is 5.75 Å². The molecule has 1 aromatic rings. The molecule has 2 bridgehead atoms. The SMILES string of the molecule is COc1ccc(CN2[C@H]3CC[C@@H]2[C@H](NC(=O)C2CCCNCC2)C3)cc1.Cl. The van der Waals surface area contributed by atoms with Gasteiger partial charge in [-0.1, -0.05) is 12.1 Å². The van der Waals surface area contributed by atoms with E-state index in [1.165, 1.54) is 18.4 Å². The summed E-state index contributed by atoms with van der Waals surface area (Å²) in [6.45, 7) is 2.99. The van der Waals surface area contributed by atoms with E-state index in [0.29, 0.717) is 18.1 Å². The number of halogens is 1. The smallest absolute Gasteiger partial charge is 0.223 e. The summed E-state index contributed by atoms with van der Waals surface area (Å²) >= 11 is 0. The van der Waals surface area contributed by atoms with Crippen LogP contribution < -0.4 is 15.4 Å². The van der Waals surface area contributed by atoms with Gasteiger partial charge in [0, 0.05) is 30.6 Å². The van der Waals surface area contributed by atoms with E-state index in [1.807, 2.05) is 12.1 Å². The second kappa shape index (κ2) is 9.26. The molecule has 5 nitrogen and oxygen atoms in total. The summed E-state index contributed by atoms with van der Waals surface area (Å²) < 4.78 is 5.26. The molecule has 3 aliphatic rings. The lowest BCUT2D eigenvalue weighted by Crippen LogP contribution is -2.46.